The van der Waals surface area contributed by atoms with Gasteiger partial charge in [-0.25, -0.2) is 4.98 Å². The van der Waals surface area contributed by atoms with Gasteiger partial charge in [0.25, 0.3) is 0 Å². The number of likely N-dealkylation sites (N-methyl/N-ethyl adjacent to an activating group) is 1. The molecule has 3 heterocycles. The van der Waals surface area contributed by atoms with Crippen LogP contribution in [-0.2, 0) is 0 Å². The van der Waals surface area contributed by atoms with Gasteiger partial charge in [-0.1, -0.05) is 0 Å². The fourth-order valence-electron chi connectivity index (χ4n) is 3.04. The average Bonchev–Trinajstić information content (AvgIpc) is 2.73. The molecule has 1 aliphatic rings. The Balaban J connectivity index is 2.09. The Kier molecular flexibility index (Phi) is 3.99. The van der Waals surface area contributed by atoms with Crippen LogP contribution in [0.5, 0.6) is 0 Å². The van der Waals surface area contributed by atoms with Crippen LogP contribution in [0, 0.1) is 6.92 Å². The Morgan fingerprint density at radius 3 is 2.90 bits per heavy atom. The lowest BCUT2D eigenvalue weighted by molar-refractivity contribution is 0.337. The lowest BCUT2D eigenvalue weighted by Crippen LogP contribution is -2.38. The Hall–Kier alpha value is -1.40. The van der Waals surface area contributed by atoms with Crippen LogP contribution in [-0.4, -0.2) is 54.6 Å². The van der Waals surface area contributed by atoms with Gasteiger partial charge in [-0.05, 0) is 39.9 Å². The van der Waals surface area contributed by atoms with Crippen molar-refractivity contribution < 1.29 is 0 Å². The maximum Gasteiger partial charge on any atom is 0.225 e. The molecule has 0 bridgehead atoms. The van der Waals surface area contributed by atoms with Crippen LogP contribution in [0.4, 0.5) is 11.8 Å². The highest BCUT2D eigenvalue weighted by Gasteiger charge is 2.24. The van der Waals surface area contributed by atoms with Gasteiger partial charge in [0.2, 0.25) is 5.95 Å². The number of thiophene rings is 1. The fraction of sp³-hybridized carbons (Fsp3) is 0.600. The second-order valence-electron chi connectivity index (χ2n) is 5.85. The molecule has 0 saturated carbocycles. The summed E-state index contributed by atoms with van der Waals surface area (Å²) >= 11 is 1.74. The van der Waals surface area contributed by atoms with Gasteiger partial charge in [-0.2, -0.15) is 4.98 Å². The van der Waals surface area contributed by atoms with Crippen LogP contribution in [0.15, 0.2) is 6.07 Å². The zero-order valence-electron chi connectivity index (χ0n) is 13.2. The third-order valence-electron chi connectivity index (χ3n) is 4.04. The van der Waals surface area contributed by atoms with Gasteiger partial charge >= 0.3 is 0 Å². The van der Waals surface area contributed by atoms with E-state index >= 15 is 0 Å². The smallest absolute Gasteiger partial charge is 0.225 e. The minimum absolute atomic E-state index is 0.459. The third-order valence-corrected chi connectivity index (χ3v) is 4.98. The molecular formula is C15H23N5S. The maximum absolute atomic E-state index is 4.77. The summed E-state index contributed by atoms with van der Waals surface area (Å²) in [7, 11) is 4.08. The van der Waals surface area contributed by atoms with Crippen LogP contribution < -0.4 is 10.2 Å². The molecule has 1 N–H and O–H groups in total. The number of hydrogen-bond donors (Lipinski definition) is 1. The topological polar surface area (TPSA) is 44.3 Å². The fourth-order valence-corrected chi connectivity index (χ4v) is 3.92. The number of hydrogen-bond acceptors (Lipinski definition) is 6. The number of aromatic nitrogens is 2. The van der Waals surface area contributed by atoms with E-state index in [0.717, 1.165) is 30.3 Å². The predicted molar refractivity (Wildman–Crippen MR) is 90.6 cm³/mol. The van der Waals surface area contributed by atoms with Crippen molar-refractivity contribution in [3.8, 4) is 0 Å². The van der Waals surface area contributed by atoms with E-state index in [1.807, 2.05) is 7.05 Å². The molecule has 1 unspecified atom stereocenters. The number of rotatable bonds is 2. The van der Waals surface area contributed by atoms with Gasteiger partial charge in [0, 0.05) is 31.1 Å². The van der Waals surface area contributed by atoms with Crippen LogP contribution in [0.25, 0.3) is 10.2 Å². The molecule has 3 rings (SSSR count). The summed E-state index contributed by atoms with van der Waals surface area (Å²) in [6, 6.07) is 2.68. The van der Waals surface area contributed by atoms with Gasteiger partial charge in [0.05, 0.1) is 5.39 Å². The molecule has 0 aliphatic carbocycles. The van der Waals surface area contributed by atoms with E-state index in [0.29, 0.717) is 12.0 Å². The number of aryl methyl sites for hydroxylation is 1. The molecule has 0 spiro atoms. The lowest BCUT2D eigenvalue weighted by atomic mass is 10.2. The molecule has 1 fully saturated rings. The molecule has 1 aliphatic heterocycles. The van der Waals surface area contributed by atoms with Crippen LogP contribution >= 0.6 is 11.3 Å². The maximum atomic E-state index is 4.77. The first kappa shape index (κ1) is 14.5. The molecule has 0 aromatic carbocycles. The first-order valence-electron chi connectivity index (χ1n) is 7.49. The Bertz CT molecular complexity index is 638. The highest BCUT2D eigenvalue weighted by atomic mass is 32.1. The van der Waals surface area contributed by atoms with E-state index in [1.165, 1.54) is 16.7 Å². The van der Waals surface area contributed by atoms with Crippen molar-refractivity contribution in [2.24, 2.45) is 0 Å². The van der Waals surface area contributed by atoms with Crippen molar-refractivity contribution in [1.82, 2.24) is 14.9 Å². The first-order valence-corrected chi connectivity index (χ1v) is 8.31. The predicted octanol–water partition coefficient (Wildman–Crippen LogP) is 2.57. The number of nitrogens with zero attached hydrogens (tertiary/aromatic N) is 4. The highest BCUT2D eigenvalue weighted by molar-refractivity contribution is 7.18. The number of nitrogens with one attached hydrogen (secondary N) is 1. The van der Waals surface area contributed by atoms with E-state index in [4.69, 9.17) is 4.98 Å². The minimum Gasteiger partial charge on any atom is -0.357 e. The van der Waals surface area contributed by atoms with Gasteiger partial charge in [0.15, 0.2) is 0 Å². The second-order valence-corrected chi connectivity index (χ2v) is 7.09. The highest BCUT2D eigenvalue weighted by Crippen LogP contribution is 2.33. The van der Waals surface area contributed by atoms with Crippen molar-refractivity contribution in [3.63, 3.8) is 0 Å². The molecule has 0 amide bonds. The van der Waals surface area contributed by atoms with E-state index in [9.17, 15) is 0 Å². The summed E-state index contributed by atoms with van der Waals surface area (Å²) < 4.78 is 0. The van der Waals surface area contributed by atoms with Crippen molar-refractivity contribution in [2.75, 3.05) is 43.9 Å². The molecule has 1 atom stereocenters. The first-order chi connectivity index (χ1) is 10.1. The third kappa shape index (κ3) is 2.82. The van der Waals surface area contributed by atoms with Crippen molar-refractivity contribution >= 4 is 33.3 Å². The van der Waals surface area contributed by atoms with Gasteiger partial charge < -0.3 is 15.1 Å². The summed E-state index contributed by atoms with van der Waals surface area (Å²) in [6.45, 7) is 7.69. The summed E-state index contributed by atoms with van der Waals surface area (Å²) in [5, 5.41) is 4.28. The zero-order valence-corrected chi connectivity index (χ0v) is 14.0. The van der Waals surface area contributed by atoms with Crippen LogP contribution in [0.1, 0.15) is 18.2 Å². The van der Waals surface area contributed by atoms with Crippen molar-refractivity contribution in [2.45, 2.75) is 26.3 Å². The quantitative estimate of drug-likeness (QED) is 0.924. The molecule has 1 saturated heterocycles. The van der Waals surface area contributed by atoms with Crippen LogP contribution in [0.2, 0.25) is 0 Å². The molecular weight excluding hydrogens is 282 g/mol. The van der Waals surface area contributed by atoms with E-state index in [1.54, 1.807) is 11.3 Å². The van der Waals surface area contributed by atoms with Gasteiger partial charge in [-0.3, -0.25) is 0 Å². The second kappa shape index (κ2) is 5.77. The van der Waals surface area contributed by atoms with E-state index in [2.05, 4.69) is 47.1 Å². The summed E-state index contributed by atoms with van der Waals surface area (Å²) in [5.41, 5.74) is 0. The monoisotopic (exact) mass is 305 g/mol. The lowest BCUT2D eigenvalue weighted by Gasteiger charge is -2.29. The molecule has 6 heteroatoms. The van der Waals surface area contributed by atoms with E-state index < -0.39 is 0 Å². The largest absolute Gasteiger partial charge is 0.357 e. The Morgan fingerprint density at radius 2 is 2.14 bits per heavy atom. The van der Waals surface area contributed by atoms with E-state index in [-0.39, 0.29) is 0 Å². The summed E-state index contributed by atoms with van der Waals surface area (Å²) in [5.74, 6) is 1.79. The molecule has 2 aromatic heterocycles. The van der Waals surface area contributed by atoms with Gasteiger partial charge in [0.1, 0.15) is 10.6 Å². The molecule has 114 valence electrons. The normalized spacial score (nSPS) is 20.8. The Labute approximate surface area is 130 Å². The van der Waals surface area contributed by atoms with Crippen molar-refractivity contribution in [3.05, 3.63) is 10.9 Å². The SMILES string of the molecule is CNc1nc(N2CCCN(C)CC2C)c2cc(C)sc2n1. The number of fused-ring (bicyclic) bond motifs is 1. The zero-order chi connectivity index (χ0) is 15.0. The molecule has 5 nitrogen and oxygen atoms in total. The summed E-state index contributed by atoms with van der Waals surface area (Å²) in [6.07, 6.45) is 1.17. The number of anilines is 2. The standard InChI is InChI=1S/C15H23N5S/c1-10-9-19(4)6-5-7-20(10)13-12-8-11(2)21-14(12)18-15(16-3)17-13/h8,10H,5-7,9H2,1-4H3,(H,16,17,18). The molecule has 2 aromatic rings. The molecule has 0 radical (unpaired) electrons. The van der Waals surface area contributed by atoms with Crippen molar-refractivity contribution in [1.29, 1.82) is 0 Å². The molecule has 21 heavy (non-hydrogen) atoms. The van der Waals surface area contributed by atoms with Gasteiger partial charge in [-0.15, -0.1) is 11.3 Å². The average molecular weight is 305 g/mol. The minimum atomic E-state index is 0.459. The van der Waals surface area contributed by atoms with Crippen LogP contribution in [0.3, 0.4) is 0 Å². The summed E-state index contributed by atoms with van der Waals surface area (Å²) in [4.78, 5) is 16.6. The Morgan fingerprint density at radius 1 is 1.33 bits per heavy atom.